The van der Waals surface area contributed by atoms with Crippen LogP contribution < -0.4 is 0 Å². The highest BCUT2D eigenvalue weighted by atomic mass is 15.2. The van der Waals surface area contributed by atoms with Crippen LogP contribution in [0.2, 0.25) is 0 Å². The van der Waals surface area contributed by atoms with Gasteiger partial charge < -0.3 is 14.4 Å². The average molecular weight is 299 g/mol. The fourth-order valence-corrected chi connectivity index (χ4v) is 4.09. The Bertz CT molecular complexity index is 664. The van der Waals surface area contributed by atoms with Crippen LogP contribution in [0.4, 0.5) is 0 Å². The molecule has 5 heteroatoms. The van der Waals surface area contributed by atoms with E-state index >= 15 is 0 Å². The molecule has 2 fully saturated rings. The van der Waals surface area contributed by atoms with Crippen LogP contribution in [-0.4, -0.2) is 64.6 Å². The normalized spacial score (nSPS) is 27.7. The Labute approximate surface area is 131 Å². The van der Waals surface area contributed by atoms with E-state index in [2.05, 4.69) is 39.5 Å². The van der Waals surface area contributed by atoms with Crippen molar-refractivity contribution in [3.05, 3.63) is 24.2 Å². The second kappa shape index (κ2) is 5.63. The number of fused-ring (bicyclic) bond motifs is 1. The second-order valence-electron chi connectivity index (χ2n) is 6.99. The standard InChI is InChI=1S/C17H25N5/c1-20-9-4-5-14(12-20)22-16(13-7-10-21(2)11-13)19-15-6-3-8-18-17(15)22/h3,6,8,13-14H,4-5,7,9-12H2,1-2H3. The number of hydrogen-bond acceptors (Lipinski definition) is 4. The van der Waals surface area contributed by atoms with Gasteiger partial charge in [0.2, 0.25) is 0 Å². The van der Waals surface area contributed by atoms with Crippen molar-refractivity contribution >= 4 is 11.2 Å². The molecular weight excluding hydrogens is 274 g/mol. The molecule has 0 spiro atoms. The van der Waals surface area contributed by atoms with E-state index in [1.807, 2.05) is 12.3 Å². The zero-order chi connectivity index (χ0) is 15.1. The van der Waals surface area contributed by atoms with Gasteiger partial charge in [0.15, 0.2) is 5.65 Å². The summed E-state index contributed by atoms with van der Waals surface area (Å²) in [6, 6.07) is 4.62. The first-order chi connectivity index (χ1) is 10.7. The quantitative estimate of drug-likeness (QED) is 0.851. The summed E-state index contributed by atoms with van der Waals surface area (Å²) in [5.41, 5.74) is 2.13. The molecule has 0 aliphatic carbocycles. The van der Waals surface area contributed by atoms with Crippen LogP contribution in [0, 0.1) is 0 Å². The minimum Gasteiger partial charge on any atom is -0.308 e. The Kier molecular flexibility index (Phi) is 3.62. The van der Waals surface area contributed by atoms with Gasteiger partial charge in [-0.25, -0.2) is 9.97 Å². The van der Waals surface area contributed by atoms with Crippen LogP contribution in [0.15, 0.2) is 18.3 Å². The van der Waals surface area contributed by atoms with Gasteiger partial charge in [0.25, 0.3) is 0 Å². The van der Waals surface area contributed by atoms with Crippen molar-refractivity contribution in [2.24, 2.45) is 0 Å². The highest BCUT2D eigenvalue weighted by molar-refractivity contribution is 5.71. The zero-order valence-corrected chi connectivity index (χ0v) is 13.6. The number of likely N-dealkylation sites (tertiary alicyclic amines) is 2. The first kappa shape index (κ1) is 14.2. The molecular formula is C17H25N5. The molecule has 118 valence electrons. The summed E-state index contributed by atoms with van der Waals surface area (Å²) in [5, 5.41) is 0. The Balaban J connectivity index is 1.79. The first-order valence-electron chi connectivity index (χ1n) is 8.42. The summed E-state index contributed by atoms with van der Waals surface area (Å²) < 4.78 is 2.47. The van der Waals surface area contributed by atoms with E-state index in [0.717, 1.165) is 24.3 Å². The van der Waals surface area contributed by atoms with Crippen LogP contribution in [0.3, 0.4) is 0 Å². The van der Waals surface area contributed by atoms with Gasteiger partial charge in [-0.1, -0.05) is 0 Å². The third-order valence-corrected chi connectivity index (χ3v) is 5.20. The fraction of sp³-hybridized carbons (Fsp3) is 0.647. The summed E-state index contributed by atoms with van der Waals surface area (Å²) in [6.45, 7) is 4.60. The largest absolute Gasteiger partial charge is 0.308 e. The van der Waals surface area contributed by atoms with Gasteiger partial charge >= 0.3 is 0 Å². The van der Waals surface area contributed by atoms with Crippen molar-refractivity contribution in [3.63, 3.8) is 0 Å². The van der Waals surface area contributed by atoms with Gasteiger partial charge in [0, 0.05) is 31.2 Å². The third-order valence-electron chi connectivity index (χ3n) is 5.20. The van der Waals surface area contributed by atoms with Crippen LogP contribution >= 0.6 is 0 Å². The van der Waals surface area contributed by atoms with Crippen molar-refractivity contribution in [2.45, 2.75) is 31.2 Å². The van der Waals surface area contributed by atoms with Crippen molar-refractivity contribution in [1.29, 1.82) is 0 Å². The van der Waals surface area contributed by atoms with E-state index in [1.54, 1.807) is 0 Å². The number of pyridine rings is 1. The molecule has 0 radical (unpaired) electrons. The number of aromatic nitrogens is 3. The van der Waals surface area contributed by atoms with Crippen molar-refractivity contribution in [1.82, 2.24) is 24.3 Å². The molecule has 0 amide bonds. The molecule has 2 aliphatic rings. The molecule has 0 saturated carbocycles. The lowest BCUT2D eigenvalue weighted by Crippen LogP contribution is -2.34. The SMILES string of the molecule is CN1CCC(c2nc3cccnc3n2C2CCCN(C)C2)C1. The maximum atomic E-state index is 4.98. The second-order valence-corrected chi connectivity index (χ2v) is 6.99. The number of imidazole rings is 1. The number of nitrogens with zero attached hydrogens (tertiary/aromatic N) is 5. The van der Waals surface area contributed by atoms with E-state index in [-0.39, 0.29) is 0 Å². The minimum atomic E-state index is 0.513. The highest BCUT2D eigenvalue weighted by Crippen LogP contribution is 2.33. The summed E-state index contributed by atoms with van der Waals surface area (Å²) >= 11 is 0. The van der Waals surface area contributed by atoms with Gasteiger partial charge in [-0.15, -0.1) is 0 Å². The maximum absolute atomic E-state index is 4.98. The molecule has 2 unspecified atom stereocenters. The van der Waals surface area contributed by atoms with Gasteiger partial charge in [-0.3, -0.25) is 0 Å². The summed E-state index contributed by atoms with van der Waals surface area (Å²) in [6.07, 6.45) is 5.61. The zero-order valence-electron chi connectivity index (χ0n) is 13.6. The van der Waals surface area contributed by atoms with Gasteiger partial charge in [0.1, 0.15) is 11.3 Å². The molecule has 0 aromatic carbocycles. The summed E-state index contributed by atoms with van der Waals surface area (Å²) in [5.74, 6) is 1.81. The Morgan fingerprint density at radius 3 is 2.73 bits per heavy atom. The van der Waals surface area contributed by atoms with Gasteiger partial charge in [0.05, 0.1) is 0 Å². The summed E-state index contributed by atoms with van der Waals surface area (Å²) in [4.78, 5) is 14.5. The lowest BCUT2D eigenvalue weighted by atomic mass is 10.0. The Hall–Kier alpha value is -1.46. The van der Waals surface area contributed by atoms with Crippen LogP contribution in [0.25, 0.3) is 11.2 Å². The van der Waals surface area contributed by atoms with E-state index < -0.39 is 0 Å². The number of rotatable bonds is 2. The van der Waals surface area contributed by atoms with Crippen LogP contribution in [-0.2, 0) is 0 Å². The number of piperidine rings is 1. The molecule has 2 aliphatic heterocycles. The molecule has 2 aromatic heterocycles. The highest BCUT2D eigenvalue weighted by Gasteiger charge is 2.30. The van der Waals surface area contributed by atoms with E-state index in [1.165, 1.54) is 38.2 Å². The smallest absolute Gasteiger partial charge is 0.160 e. The third kappa shape index (κ3) is 2.42. The lowest BCUT2D eigenvalue weighted by molar-refractivity contribution is 0.210. The van der Waals surface area contributed by atoms with E-state index in [9.17, 15) is 0 Å². The Morgan fingerprint density at radius 2 is 1.95 bits per heavy atom. The molecule has 2 aromatic rings. The molecule has 2 atom stereocenters. The average Bonchev–Trinajstić information content (AvgIpc) is 3.10. The molecule has 4 heterocycles. The summed E-state index contributed by atoms with van der Waals surface area (Å²) in [7, 11) is 4.43. The van der Waals surface area contributed by atoms with Crippen LogP contribution in [0.1, 0.15) is 37.0 Å². The predicted molar refractivity (Wildman–Crippen MR) is 88.2 cm³/mol. The van der Waals surface area contributed by atoms with Crippen molar-refractivity contribution in [2.75, 3.05) is 40.3 Å². The molecule has 5 nitrogen and oxygen atoms in total. The van der Waals surface area contributed by atoms with Crippen LogP contribution in [0.5, 0.6) is 0 Å². The van der Waals surface area contributed by atoms with Gasteiger partial charge in [-0.05, 0) is 58.6 Å². The lowest BCUT2D eigenvalue weighted by Gasteiger charge is -2.32. The molecule has 2 saturated heterocycles. The van der Waals surface area contributed by atoms with E-state index in [4.69, 9.17) is 4.98 Å². The predicted octanol–water partition coefficient (Wildman–Crippen LogP) is 2.12. The minimum absolute atomic E-state index is 0.513. The monoisotopic (exact) mass is 299 g/mol. The van der Waals surface area contributed by atoms with E-state index in [0.29, 0.717) is 12.0 Å². The molecule has 4 rings (SSSR count). The van der Waals surface area contributed by atoms with Gasteiger partial charge in [-0.2, -0.15) is 0 Å². The number of likely N-dealkylation sites (N-methyl/N-ethyl adjacent to an activating group) is 2. The maximum Gasteiger partial charge on any atom is 0.160 e. The molecule has 0 N–H and O–H groups in total. The molecule has 0 bridgehead atoms. The van der Waals surface area contributed by atoms with Crippen molar-refractivity contribution < 1.29 is 0 Å². The fourth-order valence-electron chi connectivity index (χ4n) is 4.09. The number of hydrogen-bond donors (Lipinski definition) is 0. The Morgan fingerprint density at radius 1 is 1.09 bits per heavy atom. The first-order valence-corrected chi connectivity index (χ1v) is 8.42. The van der Waals surface area contributed by atoms with Crippen molar-refractivity contribution in [3.8, 4) is 0 Å². The topological polar surface area (TPSA) is 37.2 Å². The molecule has 22 heavy (non-hydrogen) atoms.